The molecule has 2 heterocycles. The molecular weight excluding hydrogens is 336 g/mol. The van der Waals surface area contributed by atoms with Crippen LogP contribution in [0.3, 0.4) is 0 Å². The minimum atomic E-state index is 0.411. The zero-order valence-electron chi connectivity index (χ0n) is 15.5. The lowest BCUT2D eigenvalue weighted by molar-refractivity contribution is 0.357. The van der Waals surface area contributed by atoms with Crippen molar-refractivity contribution >= 4 is 17.6 Å². The first-order valence-corrected chi connectivity index (χ1v) is 9.51. The molecule has 138 valence electrons. The molecular formula is C21H24N6. The van der Waals surface area contributed by atoms with Crippen LogP contribution in [0.4, 0.5) is 17.6 Å². The van der Waals surface area contributed by atoms with Crippen molar-refractivity contribution in [3.63, 3.8) is 0 Å². The van der Waals surface area contributed by atoms with Crippen LogP contribution in [0.15, 0.2) is 54.9 Å². The van der Waals surface area contributed by atoms with Crippen LogP contribution in [-0.2, 0) is 0 Å². The highest BCUT2D eigenvalue weighted by Crippen LogP contribution is 2.26. The van der Waals surface area contributed by atoms with Gasteiger partial charge in [-0.05, 0) is 30.9 Å². The Hall–Kier alpha value is -3.02. The van der Waals surface area contributed by atoms with Crippen molar-refractivity contribution in [2.75, 3.05) is 10.6 Å². The smallest absolute Gasteiger partial charge is 0.232 e. The van der Waals surface area contributed by atoms with E-state index in [2.05, 4.69) is 37.5 Å². The lowest BCUT2D eigenvalue weighted by atomic mass is 9.87. The van der Waals surface area contributed by atoms with Crippen molar-refractivity contribution in [3.05, 3.63) is 54.9 Å². The van der Waals surface area contributed by atoms with Gasteiger partial charge in [0.15, 0.2) is 5.82 Å². The second-order valence-electron chi connectivity index (χ2n) is 7.15. The summed E-state index contributed by atoms with van der Waals surface area (Å²) in [6, 6.07) is 14.2. The van der Waals surface area contributed by atoms with Gasteiger partial charge in [0.05, 0.1) is 0 Å². The fraction of sp³-hybridized carbons (Fsp3) is 0.333. The molecule has 0 saturated heterocycles. The summed E-state index contributed by atoms with van der Waals surface area (Å²) in [7, 11) is 0. The zero-order chi connectivity index (χ0) is 18.5. The van der Waals surface area contributed by atoms with E-state index in [1.165, 1.54) is 12.8 Å². The van der Waals surface area contributed by atoms with Gasteiger partial charge in [-0.2, -0.15) is 15.0 Å². The lowest BCUT2D eigenvalue weighted by Gasteiger charge is -2.27. The van der Waals surface area contributed by atoms with E-state index in [9.17, 15) is 0 Å². The molecule has 6 heteroatoms. The summed E-state index contributed by atoms with van der Waals surface area (Å²) in [5.74, 6) is 2.55. The Kier molecular flexibility index (Phi) is 5.23. The number of hydrogen-bond acceptors (Lipinski definition) is 6. The highest BCUT2D eigenvalue weighted by molar-refractivity contribution is 5.60. The molecule has 1 saturated carbocycles. The van der Waals surface area contributed by atoms with Gasteiger partial charge in [-0.1, -0.05) is 50.1 Å². The van der Waals surface area contributed by atoms with Crippen molar-refractivity contribution < 1.29 is 0 Å². The molecule has 4 rings (SSSR count). The molecule has 1 aliphatic carbocycles. The Morgan fingerprint density at radius 2 is 1.67 bits per heavy atom. The normalized spacial score (nSPS) is 19.4. The maximum Gasteiger partial charge on any atom is 0.232 e. The minimum Gasteiger partial charge on any atom is -0.351 e. The van der Waals surface area contributed by atoms with Gasteiger partial charge in [0.25, 0.3) is 0 Å². The minimum absolute atomic E-state index is 0.411. The van der Waals surface area contributed by atoms with E-state index in [0.717, 1.165) is 30.0 Å². The van der Waals surface area contributed by atoms with E-state index >= 15 is 0 Å². The van der Waals surface area contributed by atoms with Gasteiger partial charge in [-0.15, -0.1) is 0 Å². The maximum absolute atomic E-state index is 4.68. The molecule has 27 heavy (non-hydrogen) atoms. The van der Waals surface area contributed by atoms with Gasteiger partial charge < -0.3 is 10.6 Å². The fourth-order valence-corrected chi connectivity index (χ4v) is 3.52. The van der Waals surface area contributed by atoms with E-state index in [1.54, 1.807) is 12.4 Å². The van der Waals surface area contributed by atoms with Crippen LogP contribution in [0.5, 0.6) is 0 Å². The molecule has 3 aromatic rings. The van der Waals surface area contributed by atoms with Crippen LogP contribution in [-0.4, -0.2) is 26.0 Å². The average Bonchev–Trinajstić information content (AvgIpc) is 2.69. The van der Waals surface area contributed by atoms with Gasteiger partial charge in [-0.3, -0.25) is 4.98 Å². The molecule has 1 aromatic carbocycles. The molecule has 1 aliphatic rings. The summed E-state index contributed by atoms with van der Waals surface area (Å²) in [5.41, 5.74) is 1.87. The van der Waals surface area contributed by atoms with Crippen LogP contribution < -0.4 is 10.6 Å². The van der Waals surface area contributed by atoms with Crippen molar-refractivity contribution in [1.82, 2.24) is 19.9 Å². The first-order valence-electron chi connectivity index (χ1n) is 9.51. The number of nitrogens with one attached hydrogen (secondary N) is 2. The van der Waals surface area contributed by atoms with Crippen LogP contribution >= 0.6 is 0 Å². The van der Waals surface area contributed by atoms with Gasteiger partial charge in [0.2, 0.25) is 11.9 Å². The van der Waals surface area contributed by atoms with Crippen LogP contribution in [0.25, 0.3) is 11.4 Å². The Morgan fingerprint density at radius 3 is 2.44 bits per heavy atom. The maximum atomic E-state index is 4.68. The Morgan fingerprint density at radius 1 is 0.889 bits per heavy atom. The summed E-state index contributed by atoms with van der Waals surface area (Å²) in [4.78, 5) is 17.9. The summed E-state index contributed by atoms with van der Waals surface area (Å²) < 4.78 is 0. The first kappa shape index (κ1) is 17.4. The lowest BCUT2D eigenvalue weighted by Crippen LogP contribution is -2.27. The Bertz CT molecular complexity index is 868. The predicted octanol–water partition coefficient (Wildman–Crippen LogP) is 4.67. The van der Waals surface area contributed by atoms with Gasteiger partial charge >= 0.3 is 0 Å². The van der Waals surface area contributed by atoms with Gasteiger partial charge in [0, 0.05) is 29.7 Å². The predicted molar refractivity (Wildman–Crippen MR) is 108 cm³/mol. The molecule has 0 bridgehead atoms. The molecule has 1 fully saturated rings. The third kappa shape index (κ3) is 4.58. The number of hydrogen-bond donors (Lipinski definition) is 2. The second-order valence-corrected chi connectivity index (χ2v) is 7.15. The SMILES string of the molecule is CC1CCCC(Nc2nc(Nc3ccncc3)nc(-c3ccccc3)n2)C1. The number of benzene rings is 1. The van der Waals surface area contributed by atoms with Gasteiger partial charge in [0.1, 0.15) is 0 Å². The number of nitrogens with zero attached hydrogens (tertiary/aromatic N) is 4. The highest BCUT2D eigenvalue weighted by Gasteiger charge is 2.20. The molecule has 6 nitrogen and oxygen atoms in total. The Labute approximate surface area is 159 Å². The summed E-state index contributed by atoms with van der Waals surface area (Å²) in [6.45, 7) is 2.31. The summed E-state index contributed by atoms with van der Waals surface area (Å²) in [5, 5.41) is 6.79. The van der Waals surface area contributed by atoms with E-state index in [1.807, 2.05) is 42.5 Å². The molecule has 2 atom stereocenters. The Balaban J connectivity index is 1.63. The molecule has 0 amide bonds. The van der Waals surface area contributed by atoms with E-state index in [0.29, 0.717) is 23.8 Å². The third-order valence-corrected chi connectivity index (χ3v) is 4.87. The van der Waals surface area contributed by atoms with Crippen LogP contribution in [0.1, 0.15) is 32.6 Å². The number of anilines is 3. The van der Waals surface area contributed by atoms with Crippen molar-refractivity contribution in [2.24, 2.45) is 5.92 Å². The first-order chi connectivity index (χ1) is 13.3. The van der Waals surface area contributed by atoms with Crippen molar-refractivity contribution in [2.45, 2.75) is 38.6 Å². The van der Waals surface area contributed by atoms with E-state index < -0.39 is 0 Å². The standard InChI is InChI=1S/C21H24N6/c1-15-6-5-9-18(14-15)24-21-26-19(16-7-3-2-4-8-16)25-20(27-21)23-17-10-12-22-13-11-17/h2-4,7-8,10-13,15,18H,5-6,9,14H2,1H3,(H2,22,23,24,25,26,27). The van der Waals surface area contributed by atoms with E-state index in [4.69, 9.17) is 0 Å². The quantitative estimate of drug-likeness (QED) is 0.689. The zero-order valence-corrected chi connectivity index (χ0v) is 15.5. The molecule has 0 spiro atoms. The molecule has 2 unspecified atom stereocenters. The molecule has 2 N–H and O–H groups in total. The van der Waals surface area contributed by atoms with Crippen LogP contribution in [0.2, 0.25) is 0 Å². The number of pyridine rings is 1. The molecule has 2 aromatic heterocycles. The monoisotopic (exact) mass is 360 g/mol. The fourth-order valence-electron chi connectivity index (χ4n) is 3.52. The van der Waals surface area contributed by atoms with Crippen molar-refractivity contribution in [1.29, 1.82) is 0 Å². The average molecular weight is 360 g/mol. The second kappa shape index (κ2) is 8.12. The van der Waals surface area contributed by atoms with E-state index in [-0.39, 0.29) is 0 Å². The highest BCUT2D eigenvalue weighted by atomic mass is 15.2. The van der Waals surface area contributed by atoms with Crippen LogP contribution in [0, 0.1) is 5.92 Å². The van der Waals surface area contributed by atoms with Crippen molar-refractivity contribution in [3.8, 4) is 11.4 Å². The van der Waals surface area contributed by atoms with Gasteiger partial charge in [-0.25, -0.2) is 0 Å². The topological polar surface area (TPSA) is 75.6 Å². The number of aromatic nitrogens is 4. The molecule has 0 aliphatic heterocycles. The third-order valence-electron chi connectivity index (χ3n) is 4.87. The largest absolute Gasteiger partial charge is 0.351 e. The summed E-state index contributed by atoms with van der Waals surface area (Å²) in [6.07, 6.45) is 8.34. The number of rotatable bonds is 5. The summed E-state index contributed by atoms with van der Waals surface area (Å²) >= 11 is 0. The molecule has 0 radical (unpaired) electrons.